The molecule has 5 nitrogen and oxygen atoms in total. The maximum atomic E-state index is 11.8. The van der Waals surface area contributed by atoms with Crippen molar-refractivity contribution in [2.45, 2.75) is 18.5 Å². The van der Waals surface area contributed by atoms with Crippen LogP contribution in [-0.2, 0) is 9.53 Å². The second kappa shape index (κ2) is 7.47. The number of piperazine rings is 1. The van der Waals surface area contributed by atoms with E-state index in [2.05, 4.69) is 22.2 Å². The molecule has 0 saturated carbocycles. The van der Waals surface area contributed by atoms with Crippen LogP contribution in [0, 0.1) is 0 Å². The van der Waals surface area contributed by atoms with E-state index in [1.165, 1.54) is 0 Å². The van der Waals surface area contributed by atoms with Crippen LogP contribution >= 0.6 is 11.8 Å². The second-order valence-electron chi connectivity index (χ2n) is 5.36. The van der Waals surface area contributed by atoms with Crippen molar-refractivity contribution in [2.24, 2.45) is 0 Å². The molecule has 0 aromatic heterocycles. The zero-order valence-electron chi connectivity index (χ0n) is 11.9. The van der Waals surface area contributed by atoms with Crippen LogP contribution in [0.3, 0.4) is 0 Å². The summed E-state index contributed by atoms with van der Waals surface area (Å²) in [5.74, 6) is 1.04. The Morgan fingerprint density at radius 1 is 1.32 bits per heavy atom. The minimum Gasteiger partial charge on any atom is -0.378 e. The molecule has 0 aliphatic carbocycles. The zero-order valence-corrected chi connectivity index (χ0v) is 12.7. The van der Waals surface area contributed by atoms with Gasteiger partial charge in [-0.1, -0.05) is 0 Å². The number of hydrogen-bond acceptors (Lipinski definition) is 5. The molecule has 2 atom stereocenters. The van der Waals surface area contributed by atoms with Gasteiger partial charge >= 0.3 is 0 Å². The molecule has 2 aliphatic rings. The van der Waals surface area contributed by atoms with Gasteiger partial charge in [0.1, 0.15) is 0 Å². The molecular formula is C13H25N3O2S. The van der Waals surface area contributed by atoms with Crippen LogP contribution in [0.1, 0.15) is 6.42 Å². The summed E-state index contributed by atoms with van der Waals surface area (Å²) in [6.45, 7) is 5.75. The third-order valence-corrected chi connectivity index (χ3v) is 4.55. The second-order valence-corrected chi connectivity index (χ2v) is 6.35. The number of amides is 1. The van der Waals surface area contributed by atoms with Gasteiger partial charge in [0.05, 0.1) is 25.3 Å². The molecule has 0 unspecified atom stereocenters. The summed E-state index contributed by atoms with van der Waals surface area (Å²) in [5, 5.41) is 3.14. The highest BCUT2D eigenvalue weighted by Crippen LogP contribution is 2.15. The SMILES string of the molecule is CSCCC(=O)N[C@H]1COC[C@@H]1N1CCN(C)CC1. The third-order valence-electron chi connectivity index (χ3n) is 3.94. The molecule has 2 rings (SSSR count). The van der Waals surface area contributed by atoms with E-state index in [1.807, 2.05) is 6.26 Å². The van der Waals surface area contributed by atoms with E-state index < -0.39 is 0 Å². The smallest absolute Gasteiger partial charge is 0.221 e. The van der Waals surface area contributed by atoms with Gasteiger partial charge in [-0.05, 0) is 13.3 Å². The lowest BCUT2D eigenvalue weighted by Gasteiger charge is -2.38. The van der Waals surface area contributed by atoms with Crippen molar-refractivity contribution in [1.82, 2.24) is 15.1 Å². The number of rotatable bonds is 5. The van der Waals surface area contributed by atoms with Crippen LogP contribution in [0.15, 0.2) is 0 Å². The van der Waals surface area contributed by atoms with Gasteiger partial charge < -0.3 is 15.0 Å². The maximum Gasteiger partial charge on any atom is 0.221 e. The molecule has 0 aromatic carbocycles. The summed E-state index contributed by atoms with van der Waals surface area (Å²) >= 11 is 1.71. The fraction of sp³-hybridized carbons (Fsp3) is 0.923. The van der Waals surface area contributed by atoms with Gasteiger partial charge in [0.25, 0.3) is 0 Å². The molecule has 6 heteroatoms. The quantitative estimate of drug-likeness (QED) is 0.763. The first-order chi connectivity index (χ1) is 9.20. The number of ether oxygens (including phenoxy) is 1. The van der Waals surface area contributed by atoms with Crippen LogP contribution < -0.4 is 5.32 Å². The van der Waals surface area contributed by atoms with Crippen LogP contribution in [0.25, 0.3) is 0 Å². The average molecular weight is 287 g/mol. The van der Waals surface area contributed by atoms with E-state index in [1.54, 1.807) is 11.8 Å². The third kappa shape index (κ3) is 4.34. The van der Waals surface area contributed by atoms with Gasteiger partial charge in [0.15, 0.2) is 0 Å². The first kappa shape index (κ1) is 15.1. The number of thioether (sulfide) groups is 1. The van der Waals surface area contributed by atoms with E-state index in [0.29, 0.717) is 19.1 Å². The molecule has 0 bridgehead atoms. The van der Waals surface area contributed by atoms with Gasteiger partial charge in [-0.25, -0.2) is 0 Å². The molecule has 2 saturated heterocycles. The molecule has 2 aliphatic heterocycles. The minimum absolute atomic E-state index is 0.156. The summed E-state index contributed by atoms with van der Waals surface area (Å²) in [4.78, 5) is 16.6. The van der Waals surface area contributed by atoms with Crippen LogP contribution in [0.2, 0.25) is 0 Å². The highest BCUT2D eigenvalue weighted by molar-refractivity contribution is 7.98. The lowest BCUT2D eigenvalue weighted by atomic mass is 10.1. The van der Waals surface area contributed by atoms with E-state index in [0.717, 1.165) is 38.5 Å². The monoisotopic (exact) mass is 287 g/mol. The number of nitrogens with one attached hydrogen (secondary N) is 1. The Kier molecular flexibility index (Phi) is 5.94. The molecule has 0 aromatic rings. The largest absolute Gasteiger partial charge is 0.378 e. The Balaban J connectivity index is 1.81. The van der Waals surface area contributed by atoms with Crippen molar-refractivity contribution in [3.63, 3.8) is 0 Å². The van der Waals surface area contributed by atoms with E-state index in [-0.39, 0.29) is 11.9 Å². The fourth-order valence-electron chi connectivity index (χ4n) is 2.67. The number of carbonyl (C=O) groups is 1. The van der Waals surface area contributed by atoms with Crippen LogP contribution in [0.4, 0.5) is 0 Å². The normalized spacial score (nSPS) is 29.6. The zero-order chi connectivity index (χ0) is 13.7. The average Bonchev–Trinajstić information content (AvgIpc) is 2.85. The molecule has 1 amide bonds. The van der Waals surface area contributed by atoms with Gasteiger partial charge in [-0.2, -0.15) is 11.8 Å². The predicted molar refractivity (Wildman–Crippen MR) is 78.6 cm³/mol. The molecule has 0 spiro atoms. The van der Waals surface area contributed by atoms with Crippen LogP contribution in [-0.4, -0.2) is 86.2 Å². The van der Waals surface area contributed by atoms with Crippen molar-refractivity contribution in [2.75, 3.05) is 58.4 Å². The highest BCUT2D eigenvalue weighted by atomic mass is 32.2. The van der Waals surface area contributed by atoms with Crippen LogP contribution in [0.5, 0.6) is 0 Å². The first-order valence-electron chi connectivity index (χ1n) is 6.99. The van der Waals surface area contributed by atoms with Crippen molar-refractivity contribution < 1.29 is 9.53 Å². The highest BCUT2D eigenvalue weighted by Gasteiger charge is 2.34. The Labute approximate surface area is 120 Å². The van der Waals surface area contributed by atoms with Gasteiger partial charge in [-0.3, -0.25) is 9.69 Å². The first-order valence-corrected chi connectivity index (χ1v) is 8.38. The maximum absolute atomic E-state index is 11.8. The van der Waals surface area contributed by atoms with Crippen molar-refractivity contribution >= 4 is 17.7 Å². The van der Waals surface area contributed by atoms with Gasteiger partial charge in [-0.15, -0.1) is 0 Å². The van der Waals surface area contributed by atoms with Crippen molar-refractivity contribution in [1.29, 1.82) is 0 Å². The molecule has 0 radical (unpaired) electrons. The number of likely N-dealkylation sites (N-methyl/N-ethyl adjacent to an activating group) is 1. The summed E-state index contributed by atoms with van der Waals surface area (Å²) in [6.07, 6.45) is 2.63. The van der Waals surface area contributed by atoms with Crippen molar-refractivity contribution in [3.05, 3.63) is 0 Å². The predicted octanol–water partition coefficient (Wildman–Crippen LogP) is -0.129. The van der Waals surface area contributed by atoms with E-state index >= 15 is 0 Å². The Hall–Kier alpha value is -0.300. The standard InChI is InChI=1S/C13H25N3O2S/c1-15-4-6-16(7-5-15)12-10-18-9-11(12)14-13(17)3-8-19-2/h11-12H,3-10H2,1-2H3,(H,14,17)/t11-,12-/m0/s1. The van der Waals surface area contributed by atoms with E-state index in [9.17, 15) is 4.79 Å². The van der Waals surface area contributed by atoms with E-state index in [4.69, 9.17) is 4.74 Å². The lowest BCUT2D eigenvalue weighted by Crippen LogP contribution is -2.56. The number of carbonyl (C=O) groups excluding carboxylic acids is 1. The molecule has 2 fully saturated rings. The van der Waals surface area contributed by atoms with Crippen molar-refractivity contribution in [3.8, 4) is 0 Å². The topological polar surface area (TPSA) is 44.8 Å². The Morgan fingerprint density at radius 2 is 2.05 bits per heavy atom. The van der Waals surface area contributed by atoms with Gasteiger partial charge in [0, 0.05) is 38.4 Å². The fourth-order valence-corrected chi connectivity index (χ4v) is 3.06. The number of nitrogens with zero attached hydrogens (tertiary/aromatic N) is 2. The summed E-state index contributed by atoms with van der Waals surface area (Å²) in [6, 6.07) is 0.518. The minimum atomic E-state index is 0.156. The van der Waals surface area contributed by atoms with Gasteiger partial charge in [0.2, 0.25) is 5.91 Å². The Bertz CT molecular complexity index is 296. The Morgan fingerprint density at radius 3 is 2.74 bits per heavy atom. The summed E-state index contributed by atoms with van der Waals surface area (Å²) < 4.78 is 5.58. The number of hydrogen-bond donors (Lipinski definition) is 1. The summed E-state index contributed by atoms with van der Waals surface area (Å²) in [5.41, 5.74) is 0. The molecule has 110 valence electrons. The lowest BCUT2D eigenvalue weighted by molar-refractivity contribution is -0.121. The molecule has 1 N–H and O–H groups in total. The summed E-state index contributed by atoms with van der Waals surface area (Å²) in [7, 11) is 2.16. The molecule has 19 heavy (non-hydrogen) atoms. The molecule has 2 heterocycles. The molecular weight excluding hydrogens is 262 g/mol.